The molecule has 1 N–H and O–H groups in total. The molecule has 204 valence electrons. The van der Waals surface area contributed by atoms with Crippen molar-refractivity contribution in [3.63, 3.8) is 0 Å². The van der Waals surface area contributed by atoms with E-state index < -0.39 is 0 Å². The van der Waals surface area contributed by atoms with E-state index in [-0.39, 0.29) is 11.9 Å². The molecular formula is C33H49NO3. The van der Waals surface area contributed by atoms with Gasteiger partial charge in [0, 0.05) is 19.4 Å². The van der Waals surface area contributed by atoms with Crippen molar-refractivity contribution in [2.45, 2.75) is 111 Å². The number of carbonyl (C=O) groups excluding carboxylic acids is 2. The summed E-state index contributed by atoms with van der Waals surface area (Å²) in [4.78, 5) is 24.2. The molecule has 9 atom stereocenters. The van der Waals surface area contributed by atoms with Crippen molar-refractivity contribution in [3.05, 3.63) is 35.9 Å². The molecular weight excluding hydrogens is 458 g/mol. The van der Waals surface area contributed by atoms with Crippen molar-refractivity contribution in [3.8, 4) is 0 Å². The molecule has 1 amide bonds. The van der Waals surface area contributed by atoms with Crippen LogP contribution >= 0.6 is 0 Å². The van der Waals surface area contributed by atoms with Crippen molar-refractivity contribution in [2.75, 3.05) is 0 Å². The Bertz CT molecular complexity index is 962. The summed E-state index contributed by atoms with van der Waals surface area (Å²) in [5.74, 6) is 4.69. The first-order chi connectivity index (χ1) is 17.7. The second-order valence-corrected chi connectivity index (χ2v) is 13.7. The molecule has 4 aliphatic carbocycles. The normalized spacial score (nSPS) is 39.6. The van der Waals surface area contributed by atoms with Crippen molar-refractivity contribution in [2.24, 2.45) is 46.3 Å². The Kier molecular flexibility index (Phi) is 7.76. The lowest BCUT2D eigenvalue weighted by molar-refractivity contribution is -0.145. The second kappa shape index (κ2) is 10.7. The zero-order valence-electron chi connectivity index (χ0n) is 23.6. The average Bonchev–Trinajstić information content (AvgIpc) is 3.24. The molecule has 37 heavy (non-hydrogen) atoms. The van der Waals surface area contributed by atoms with Gasteiger partial charge in [0.2, 0.25) is 5.91 Å². The monoisotopic (exact) mass is 507 g/mol. The Labute approximate surface area is 224 Å². The molecule has 1 unspecified atom stereocenters. The largest absolute Gasteiger partial charge is 0.461 e. The number of esters is 1. The van der Waals surface area contributed by atoms with Gasteiger partial charge in [0.05, 0.1) is 0 Å². The number of ether oxygens (including phenoxy) is 1. The van der Waals surface area contributed by atoms with E-state index in [0.717, 1.165) is 48.0 Å². The molecule has 0 aromatic heterocycles. The maximum Gasteiger partial charge on any atom is 0.306 e. The molecule has 4 saturated carbocycles. The summed E-state index contributed by atoms with van der Waals surface area (Å²) in [6.07, 6.45) is 13.2. The number of carbonyl (C=O) groups is 2. The number of amides is 1. The van der Waals surface area contributed by atoms with Crippen LogP contribution in [0.1, 0.15) is 104 Å². The van der Waals surface area contributed by atoms with Gasteiger partial charge in [-0.25, -0.2) is 0 Å². The SMILES string of the molecule is CC(=O)N[C@H]1CC[C@@]2(C)[C@H](CC[C@H]3[C@@H]4CC[C@H]([C@H](C)CCC(=O)OCc5ccccc5)C4(C)CC[C@@H]32)C1. The van der Waals surface area contributed by atoms with Gasteiger partial charge >= 0.3 is 5.97 Å². The van der Waals surface area contributed by atoms with E-state index in [1.807, 2.05) is 30.3 Å². The van der Waals surface area contributed by atoms with E-state index in [4.69, 9.17) is 4.74 Å². The topological polar surface area (TPSA) is 55.4 Å². The highest BCUT2D eigenvalue weighted by molar-refractivity contribution is 5.73. The fourth-order valence-corrected chi connectivity index (χ4v) is 10.0. The molecule has 1 aromatic rings. The van der Waals surface area contributed by atoms with Gasteiger partial charge in [0.15, 0.2) is 0 Å². The first-order valence-corrected chi connectivity index (χ1v) is 15.2. The summed E-state index contributed by atoms with van der Waals surface area (Å²) >= 11 is 0. The van der Waals surface area contributed by atoms with Gasteiger partial charge in [0.1, 0.15) is 6.61 Å². The fourth-order valence-electron chi connectivity index (χ4n) is 10.0. The minimum Gasteiger partial charge on any atom is -0.461 e. The Hall–Kier alpha value is -1.84. The molecule has 4 heteroatoms. The van der Waals surface area contributed by atoms with Crippen LogP contribution in [-0.4, -0.2) is 17.9 Å². The average molecular weight is 508 g/mol. The molecule has 0 spiro atoms. The lowest BCUT2D eigenvalue weighted by atomic mass is 9.44. The lowest BCUT2D eigenvalue weighted by Crippen LogP contribution is -2.55. The summed E-state index contributed by atoms with van der Waals surface area (Å²) < 4.78 is 5.57. The molecule has 0 saturated heterocycles. The van der Waals surface area contributed by atoms with E-state index in [1.165, 1.54) is 51.4 Å². The third-order valence-electron chi connectivity index (χ3n) is 11.9. The predicted octanol–water partition coefficient (Wildman–Crippen LogP) is 7.31. The first-order valence-electron chi connectivity index (χ1n) is 15.2. The summed E-state index contributed by atoms with van der Waals surface area (Å²) in [6, 6.07) is 10.4. The van der Waals surface area contributed by atoms with Crippen LogP contribution in [0.3, 0.4) is 0 Å². The van der Waals surface area contributed by atoms with Gasteiger partial charge in [-0.2, -0.15) is 0 Å². The van der Waals surface area contributed by atoms with Crippen LogP contribution in [0.15, 0.2) is 30.3 Å². The van der Waals surface area contributed by atoms with Crippen molar-refractivity contribution < 1.29 is 14.3 Å². The minimum atomic E-state index is -0.0553. The van der Waals surface area contributed by atoms with Crippen molar-refractivity contribution >= 4 is 11.9 Å². The van der Waals surface area contributed by atoms with Crippen molar-refractivity contribution in [1.29, 1.82) is 0 Å². The van der Waals surface area contributed by atoms with E-state index >= 15 is 0 Å². The number of rotatable bonds is 7. The summed E-state index contributed by atoms with van der Waals surface area (Å²) in [6.45, 7) is 9.66. The van der Waals surface area contributed by atoms with Crippen LogP contribution in [0.2, 0.25) is 0 Å². The molecule has 0 bridgehead atoms. The maximum atomic E-state index is 12.5. The number of hydrogen-bond acceptors (Lipinski definition) is 3. The van der Waals surface area contributed by atoms with E-state index in [1.54, 1.807) is 6.92 Å². The molecule has 1 aromatic carbocycles. The minimum absolute atomic E-state index is 0.0553. The molecule has 4 nitrogen and oxygen atoms in total. The number of fused-ring (bicyclic) bond motifs is 5. The van der Waals surface area contributed by atoms with Crippen LogP contribution < -0.4 is 5.32 Å². The summed E-state index contributed by atoms with van der Waals surface area (Å²) in [5.41, 5.74) is 1.93. The Morgan fingerprint density at radius 2 is 1.70 bits per heavy atom. The Balaban J connectivity index is 1.17. The maximum absolute atomic E-state index is 12.5. The number of benzene rings is 1. The van der Waals surface area contributed by atoms with E-state index in [9.17, 15) is 9.59 Å². The third-order valence-corrected chi connectivity index (χ3v) is 11.9. The third kappa shape index (κ3) is 5.23. The second-order valence-electron chi connectivity index (χ2n) is 13.7. The van der Waals surface area contributed by atoms with Gasteiger partial charge in [0.25, 0.3) is 0 Å². The smallest absolute Gasteiger partial charge is 0.306 e. The quantitative estimate of drug-likeness (QED) is 0.394. The number of nitrogens with one attached hydrogen (secondary N) is 1. The van der Waals surface area contributed by atoms with Gasteiger partial charge in [-0.05, 0) is 116 Å². The van der Waals surface area contributed by atoms with Crippen LogP contribution in [0.25, 0.3) is 0 Å². The molecule has 0 radical (unpaired) electrons. The summed E-state index contributed by atoms with van der Waals surface area (Å²) in [5, 5.41) is 3.23. The Morgan fingerprint density at radius 1 is 0.973 bits per heavy atom. The number of hydrogen-bond donors (Lipinski definition) is 1. The molecule has 5 rings (SSSR count). The van der Waals surface area contributed by atoms with Gasteiger partial charge in [-0.1, -0.05) is 51.1 Å². The highest BCUT2D eigenvalue weighted by Gasteiger charge is 2.60. The molecule has 0 heterocycles. The predicted molar refractivity (Wildman–Crippen MR) is 147 cm³/mol. The fraction of sp³-hybridized carbons (Fsp3) is 0.758. The highest BCUT2D eigenvalue weighted by atomic mass is 16.5. The van der Waals surface area contributed by atoms with Gasteiger partial charge in [-0.3, -0.25) is 9.59 Å². The van der Waals surface area contributed by atoms with E-state index in [2.05, 4.69) is 26.1 Å². The molecule has 4 fully saturated rings. The standard InChI is InChI=1S/C33H49NO3/c1-22(10-15-31(36)37-21-24-8-6-5-7-9-24)28-13-14-29-27-12-11-25-20-26(34-23(2)35)16-18-32(25,3)30(27)17-19-33(28,29)4/h5-9,22,25-30H,10-21H2,1-4H3,(H,34,35)/t22-,25-,26+,27+,28-,29+,30+,32+,33?/m1/s1. The van der Waals surface area contributed by atoms with Crippen molar-refractivity contribution in [1.82, 2.24) is 5.32 Å². The first kappa shape index (κ1) is 26.8. The van der Waals surface area contributed by atoms with Crippen LogP contribution in [0.5, 0.6) is 0 Å². The van der Waals surface area contributed by atoms with Crippen LogP contribution in [0, 0.1) is 46.3 Å². The summed E-state index contributed by atoms with van der Waals surface area (Å²) in [7, 11) is 0. The zero-order chi connectivity index (χ0) is 26.2. The van der Waals surface area contributed by atoms with Gasteiger partial charge in [-0.15, -0.1) is 0 Å². The van der Waals surface area contributed by atoms with Gasteiger partial charge < -0.3 is 10.1 Å². The van der Waals surface area contributed by atoms with Crippen LogP contribution in [-0.2, 0) is 20.9 Å². The van der Waals surface area contributed by atoms with Crippen LogP contribution in [0.4, 0.5) is 0 Å². The molecule has 0 aliphatic heterocycles. The highest BCUT2D eigenvalue weighted by Crippen LogP contribution is 2.68. The van der Waals surface area contributed by atoms with E-state index in [0.29, 0.717) is 35.8 Å². The zero-order valence-corrected chi connectivity index (χ0v) is 23.6. The lowest BCUT2D eigenvalue weighted by Gasteiger charge is -2.61. The molecule has 4 aliphatic rings. The Morgan fingerprint density at radius 3 is 2.46 bits per heavy atom.